The van der Waals surface area contributed by atoms with Crippen LogP contribution in [0.15, 0.2) is 48.5 Å². The van der Waals surface area contributed by atoms with E-state index in [0.29, 0.717) is 6.42 Å². The molecule has 7 heteroatoms. The minimum absolute atomic E-state index is 0.0305. The number of aliphatic carboxylic acids is 1. The zero-order chi connectivity index (χ0) is 25.2. The highest BCUT2D eigenvalue weighted by Crippen LogP contribution is 2.44. The predicted molar refractivity (Wildman–Crippen MR) is 133 cm³/mol. The van der Waals surface area contributed by atoms with E-state index >= 15 is 0 Å². The number of ether oxygens (including phenoxy) is 1. The standard InChI is InChI=1S/C28H34N2O5/c1-28(2,3)15-24(26(32)33)29-25(31)14-23(17-12-13-17)30-27(34)35-16-22-20-10-6-4-8-18(20)19-9-5-7-11-21(19)22/h4-11,17,22-24H,12-16H2,1-3H3,(H,29,31)(H,30,34)(H,32,33). The van der Waals surface area contributed by atoms with Crippen LogP contribution in [-0.4, -0.2) is 41.8 Å². The highest BCUT2D eigenvalue weighted by atomic mass is 16.5. The summed E-state index contributed by atoms with van der Waals surface area (Å²) in [5, 5.41) is 15.0. The van der Waals surface area contributed by atoms with Gasteiger partial charge in [0.25, 0.3) is 0 Å². The SMILES string of the molecule is CC(C)(C)CC(NC(=O)CC(NC(=O)OCC1c2ccccc2-c2ccccc21)C1CC1)C(=O)O. The topological polar surface area (TPSA) is 105 Å². The fourth-order valence-electron chi connectivity index (χ4n) is 4.89. The van der Waals surface area contributed by atoms with E-state index in [2.05, 4.69) is 34.9 Å². The first kappa shape index (κ1) is 24.8. The minimum atomic E-state index is -1.05. The van der Waals surface area contributed by atoms with Gasteiger partial charge in [-0.25, -0.2) is 9.59 Å². The third kappa shape index (κ3) is 6.21. The lowest BCUT2D eigenvalue weighted by atomic mass is 9.88. The van der Waals surface area contributed by atoms with Crippen LogP contribution < -0.4 is 10.6 Å². The fraction of sp³-hybridized carbons (Fsp3) is 0.464. The third-order valence-electron chi connectivity index (χ3n) is 6.69. The van der Waals surface area contributed by atoms with Crippen LogP contribution in [0.4, 0.5) is 4.79 Å². The molecule has 0 spiro atoms. The molecule has 0 aliphatic heterocycles. The Labute approximate surface area is 206 Å². The molecule has 35 heavy (non-hydrogen) atoms. The normalized spacial score (nSPS) is 16.5. The van der Waals surface area contributed by atoms with Crippen LogP contribution in [0.25, 0.3) is 11.1 Å². The first-order chi connectivity index (χ1) is 16.6. The third-order valence-corrected chi connectivity index (χ3v) is 6.69. The maximum atomic E-state index is 12.7. The molecule has 2 aromatic carbocycles. The first-order valence-corrected chi connectivity index (χ1v) is 12.3. The summed E-state index contributed by atoms with van der Waals surface area (Å²) in [6.45, 7) is 6.00. The van der Waals surface area contributed by atoms with E-state index in [0.717, 1.165) is 35.1 Å². The summed E-state index contributed by atoms with van der Waals surface area (Å²) in [5.41, 5.74) is 4.35. The maximum Gasteiger partial charge on any atom is 0.407 e. The Bertz CT molecular complexity index is 1060. The largest absolute Gasteiger partial charge is 0.480 e. The van der Waals surface area contributed by atoms with Gasteiger partial charge >= 0.3 is 12.1 Å². The second-order valence-corrected chi connectivity index (χ2v) is 10.8. The molecular formula is C28H34N2O5. The maximum absolute atomic E-state index is 12.7. The number of fused-ring (bicyclic) bond motifs is 3. The smallest absolute Gasteiger partial charge is 0.407 e. The van der Waals surface area contributed by atoms with Gasteiger partial charge in [0.1, 0.15) is 12.6 Å². The monoisotopic (exact) mass is 478 g/mol. The quantitative estimate of drug-likeness (QED) is 0.485. The summed E-state index contributed by atoms with van der Waals surface area (Å²) < 4.78 is 5.64. The van der Waals surface area contributed by atoms with Crippen LogP contribution >= 0.6 is 0 Å². The average Bonchev–Trinajstić information content (AvgIpc) is 3.59. The molecule has 2 aliphatic rings. The van der Waals surface area contributed by atoms with Crippen molar-refractivity contribution in [2.45, 2.75) is 64.5 Å². The van der Waals surface area contributed by atoms with E-state index in [9.17, 15) is 19.5 Å². The number of hydrogen-bond donors (Lipinski definition) is 3. The molecule has 0 aromatic heterocycles. The Kier molecular flexibility index (Phi) is 7.15. The summed E-state index contributed by atoms with van der Waals surface area (Å²) >= 11 is 0. The lowest BCUT2D eigenvalue weighted by Gasteiger charge is -2.25. The molecule has 2 aromatic rings. The van der Waals surface area contributed by atoms with Crippen molar-refractivity contribution in [3.63, 3.8) is 0 Å². The van der Waals surface area contributed by atoms with Gasteiger partial charge in [-0.1, -0.05) is 69.3 Å². The van der Waals surface area contributed by atoms with E-state index in [1.165, 1.54) is 0 Å². The van der Waals surface area contributed by atoms with Crippen LogP contribution in [0, 0.1) is 11.3 Å². The molecule has 0 radical (unpaired) electrons. The van der Waals surface area contributed by atoms with Gasteiger partial charge in [-0.05, 0) is 52.8 Å². The molecule has 2 amide bonds. The van der Waals surface area contributed by atoms with Gasteiger partial charge in [0.05, 0.1) is 0 Å². The van der Waals surface area contributed by atoms with E-state index in [1.807, 2.05) is 45.0 Å². The lowest BCUT2D eigenvalue weighted by Crippen LogP contribution is -2.46. The molecule has 7 nitrogen and oxygen atoms in total. The Balaban J connectivity index is 1.35. The van der Waals surface area contributed by atoms with Gasteiger partial charge in [0, 0.05) is 18.4 Å². The van der Waals surface area contributed by atoms with Crippen molar-refractivity contribution in [3.8, 4) is 11.1 Å². The molecule has 3 N–H and O–H groups in total. The van der Waals surface area contributed by atoms with Crippen LogP contribution in [0.3, 0.4) is 0 Å². The van der Waals surface area contributed by atoms with E-state index < -0.39 is 18.1 Å². The Hall–Kier alpha value is -3.35. The molecule has 0 bridgehead atoms. The van der Waals surface area contributed by atoms with Crippen LogP contribution in [0.1, 0.15) is 63.5 Å². The van der Waals surface area contributed by atoms with Crippen LogP contribution in [0.2, 0.25) is 0 Å². The summed E-state index contributed by atoms with van der Waals surface area (Å²) in [6, 6.07) is 14.9. The molecular weight excluding hydrogens is 444 g/mol. The molecule has 0 heterocycles. The number of hydrogen-bond acceptors (Lipinski definition) is 4. The van der Waals surface area contributed by atoms with Gasteiger partial charge in [-0.3, -0.25) is 4.79 Å². The second kappa shape index (κ2) is 10.1. The van der Waals surface area contributed by atoms with Crippen molar-refractivity contribution in [2.75, 3.05) is 6.61 Å². The van der Waals surface area contributed by atoms with Gasteiger partial charge in [-0.2, -0.15) is 0 Å². The second-order valence-electron chi connectivity index (χ2n) is 10.8. The van der Waals surface area contributed by atoms with Crippen molar-refractivity contribution in [1.29, 1.82) is 0 Å². The number of nitrogens with one attached hydrogen (secondary N) is 2. The number of benzene rings is 2. The number of amides is 2. The van der Waals surface area contributed by atoms with E-state index in [4.69, 9.17) is 4.74 Å². The van der Waals surface area contributed by atoms with Crippen molar-refractivity contribution < 1.29 is 24.2 Å². The van der Waals surface area contributed by atoms with E-state index in [-0.39, 0.29) is 42.2 Å². The Morgan fingerprint density at radius 1 is 0.971 bits per heavy atom. The molecule has 2 aliphatic carbocycles. The highest BCUT2D eigenvalue weighted by molar-refractivity contribution is 5.84. The molecule has 1 fully saturated rings. The first-order valence-electron chi connectivity index (χ1n) is 12.3. The number of alkyl carbamates (subject to hydrolysis) is 1. The molecule has 4 rings (SSSR count). The van der Waals surface area contributed by atoms with Crippen molar-refractivity contribution >= 4 is 18.0 Å². The predicted octanol–water partition coefficient (Wildman–Crippen LogP) is 4.70. The lowest BCUT2D eigenvalue weighted by molar-refractivity contribution is -0.142. The number of rotatable bonds is 9. The zero-order valence-corrected chi connectivity index (χ0v) is 20.5. The summed E-state index contributed by atoms with van der Waals surface area (Å²) in [5.74, 6) is -1.27. The van der Waals surface area contributed by atoms with Gasteiger partial charge < -0.3 is 20.5 Å². The summed E-state index contributed by atoms with van der Waals surface area (Å²) in [4.78, 5) is 37.0. The average molecular weight is 479 g/mol. The molecule has 2 unspecified atom stereocenters. The van der Waals surface area contributed by atoms with Gasteiger partial charge in [-0.15, -0.1) is 0 Å². The summed E-state index contributed by atoms with van der Waals surface area (Å²) in [6.07, 6.45) is 1.64. The number of carboxylic acid groups (broad SMARTS) is 1. The van der Waals surface area contributed by atoms with E-state index in [1.54, 1.807) is 0 Å². The molecule has 1 saturated carbocycles. The summed E-state index contributed by atoms with van der Waals surface area (Å²) in [7, 11) is 0. The number of carbonyl (C=O) groups is 3. The molecule has 2 atom stereocenters. The van der Waals surface area contributed by atoms with Crippen molar-refractivity contribution in [2.24, 2.45) is 11.3 Å². The van der Waals surface area contributed by atoms with Crippen molar-refractivity contribution in [3.05, 3.63) is 59.7 Å². The van der Waals surface area contributed by atoms with Gasteiger partial charge in [0.2, 0.25) is 5.91 Å². The Morgan fingerprint density at radius 3 is 2.06 bits per heavy atom. The van der Waals surface area contributed by atoms with Crippen molar-refractivity contribution in [1.82, 2.24) is 10.6 Å². The molecule has 0 saturated heterocycles. The molecule has 186 valence electrons. The van der Waals surface area contributed by atoms with Gasteiger partial charge in [0.15, 0.2) is 0 Å². The number of carboxylic acids is 1. The Morgan fingerprint density at radius 2 is 1.54 bits per heavy atom. The van der Waals surface area contributed by atoms with Crippen LogP contribution in [-0.2, 0) is 14.3 Å². The number of carbonyl (C=O) groups excluding carboxylic acids is 2. The fourth-order valence-corrected chi connectivity index (χ4v) is 4.89. The highest BCUT2D eigenvalue weighted by Gasteiger charge is 2.36. The zero-order valence-electron chi connectivity index (χ0n) is 20.5. The van der Waals surface area contributed by atoms with Crippen LogP contribution in [0.5, 0.6) is 0 Å². The minimum Gasteiger partial charge on any atom is -0.480 e.